The Labute approximate surface area is 132 Å². The Morgan fingerprint density at radius 1 is 0.957 bits per heavy atom. The fourth-order valence-electron chi connectivity index (χ4n) is 3.09. The maximum Gasteiger partial charge on any atom is 0.391 e. The molecule has 1 aliphatic rings. The standard InChI is InChI=1S/C18H17F3O2/c19-18(20,21)15-4-7-16(8-5-15)23-17-6-3-13-9-12(11-22)1-2-14(13)10-17/h1-3,6,9-11,15-16H,4-5,7-8H2/t15-,16-. The summed E-state index contributed by atoms with van der Waals surface area (Å²) in [4.78, 5) is 10.8. The third kappa shape index (κ3) is 3.66. The second kappa shape index (κ2) is 6.22. The van der Waals surface area contributed by atoms with Crippen LogP contribution in [0.1, 0.15) is 36.0 Å². The lowest BCUT2D eigenvalue weighted by molar-refractivity contribution is -0.185. The first-order valence-corrected chi connectivity index (χ1v) is 7.68. The van der Waals surface area contributed by atoms with E-state index < -0.39 is 12.1 Å². The number of ether oxygens (including phenoxy) is 1. The van der Waals surface area contributed by atoms with Gasteiger partial charge in [0.05, 0.1) is 12.0 Å². The molecule has 0 atom stereocenters. The van der Waals surface area contributed by atoms with Gasteiger partial charge in [0.2, 0.25) is 0 Å². The summed E-state index contributed by atoms with van der Waals surface area (Å²) in [6.45, 7) is 0. The molecular weight excluding hydrogens is 305 g/mol. The van der Waals surface area contributed by atoms with Crippen LogP contribution >= 0.6 is 0 Å². The summed E-state index contributed by atoms with van der Waals surface area (Å²) >= 11 is 0. The Morgan fingerprint density at radius 2 is 1.61 bits per heavy atom. The van der Waals surface area contributed by atoms with Crippen LogP contribution in [0.15, 0.2) is 36.4 Å². The molecule has 0 heterocycles. The minimum Gasteiger partial charge on any atom is -0.490 e. The third-order valence-electron chi connectivity index (χ3n) is 4.41. The highest BCUT2D eigenvalue weighted by atomic mass is 19.4. The van der Waals surface area contributed by atoms with Crippen LogP contribution in [0.4, 0.5) is 13.2 Å². The number of aldehydes is 1. The van der Waals surface area contributed by atoms with Crippen molar-refractivity contribution in [1.29, 1.82) is 0 Å². The average molecular weight is 322 g/mol. The van der Waals surface area contributed by atoms with Gasteiger partial charge in [-0.1, -0.05) is 18.2 Å². The monoisotopic (exact) mass is 322 g/mol. The molecule has 0 spiro atoms. The number of hydrogen-bond donors (Lipinski definition) is 0. The molecular formula is C18H17F3O2. The van der Waals surface area contributed by atoms with Gasteiger partial charge in [-0.25, -0.2) is 0 Å². The Kier molecular flexibility index (Phi) is 4.28. The van der Waals surface area contributed by atoms with Crippen LogP contribution < -0.4 is 4.74 Å². The van der Waals surface area contributed by atoms with Crippen LogP contribution in [-0.2, 0) is 0 Å². The highest BCUT2D eigenvalue weighted by Crippen LogP contribution is 2.38. The first kappa shape index (κ1) is 15.8. The van der Waals surface area contributed by atoms with E-state index in [9.17, 15) is 18.0 Å². The molecule has 0 aromatic heterocycles. The summed E-state index contributed by atoms with van der Waals surface area (Å²) in [5.41, 5.74) is 0.608. The van der Waals surface area contributed by atoms with E-state index in [-0.39, 0.29) is 18.9 Å². The van der Waals surface area contributed by atoms with Crippen molar-refractivity contribution in [1.82, 2.24) is 0 Å². The SMILES string of the molecule is O=Cc1ccc2cc(O[C@H]3CC[C@H](C(F)(F)F)CC3)ccc2c1. The number of alkyl halides is 3. The topological polar surface area (TPSA) is 26.3 Å². The van der Waals surface area contributed by atoms with Crippen molar-refractivity contribution in [3.8, 4) is 5.75 Å². The van der Waals surface area contributed by atoms with Gasteiger partial charge in [-0.2, -0.15) is 13.2 Å². The van der Waals surface area contributed by atoms with Crippen LogP contribution in [0.25, 0.3) is 10.8 Å². The Balaban J connectivity index is 1.67. The fraction of sp³-hybridized carbons (Fsp3) is 0.389. The molecule has 0 aliphatic heterocycles. The molecule has 0 amide bonds. The molecule has 2 aromatic rings. The molecule has 0 bridgehead atoms. The molecule has 1 saturated carbocycles. The molecule has 0 unspecified atom stereocenters. The van der Waals surface area contributed by atoms with Gasteiger partial charge < -0.3 is 4.74 Å². The lowest BCUT2D eigenvalue weighted by Gasteiger charge is -2.30. The van der Waals surface area contributed by atoms with Crippen molar-refractivity contribution >= 4 is 17.1 Å². The minimum atomic E-state index is -4.09. The van der Waals surface area contributed by atoms with Crippen molar-refractivity contribution in [3.05, 3.63) is 42.0 Å². The van der Waals surface area contributed by atoms with E-state index in [1.807, 2.05) is 18.2 Å². The summed E-state index contributed by atoms with van der Waals surface area (Å²) in [5.74, 6) is -0.535. The maximum atomic E-state index is 12.7. The Hall–Kier alpha value is -2.04. The van der Waals surface area contributed by atoms with Gasteiger partial charge in [0, 0.05) is 5.56 Å². The van der Waals surface area contributed by atoms with E-state index in [2.05, 4.69) is 0 Å². The normalized spacial score (nSPS) is 22.0. The highest BCUT2D eigenvalue weighted by molar-refractivity contribution is 5.89. The largest absolute Gasteiger partial charge is 0.490 e. The summed E-state index contributed by atoms with van der Waals surface area (Å²) in [6.07, 6.45) is -2.36. The third-order valence-corrected chi connectivity index (χ3v) is 4.41. The molecule has 23 heavy (non-hydrogen) atoms. The summed E-state index contributed by atoms with van der Waals surface area (Å²) < 4.78 is 43.8. The van der Waals surface area contributed by atoms with Crippen molar-refractivity contribution in [3.63, 3.8) is 0 Å². The number of rotatable bonds is 3. The van der Waals surface area contributed by atoms with Gasteiger partial charge in [-0.3, -0.25) is 4.79 Å². The zero-order valence-electron chi connectivity index (χ0n) is 12.5. The van der Waals surface area contributed by atoms with E-state index in [1.54, 1.807) is 18.2 Å². The number of benzene rings is 2. The lowest BCUT2D eigenvalue weighted by atomic mass is 9.87. The van der Waals surface area contributed by atoms with E-state index in [1.165, 1.54) is 0 Å². The molecule has 1 aliphatic carbocycles. The van der Waals surface area contributed by atoms with Gasteiger partial charge in [-0.05, 0) is 54.7 Å². The Bertz CT molecular complexity index is 701. The molecule has 122 valence electrons. The highest BCUT2D eigenvalue weighted by Gasteiger charge is 2.41. The number of hydrogen-bond acceptors (Lipinski definition) is 2. The van der Waals surface area contributed by atoms with E-state index in [4.69, 9.17) is 4.74 Å². The van der Waals surface area contributed by atoms with Gasteiger partial charge in [0.1, 0.15) is 12.0 Å². The fourth-order valence-corrected chi connectivity index (χ4v) is 3.09. The van der Waals surface area contributed by atoms with E-state index >= 15 is 0 Å². The van der Waals surface area contributed by atoms with Crippen LogP contribution in [0.5, 0.6) is 5.75 Å². The quantitative estimate of drug-likeness (QED) is 0.730. The van der Waals surface area contributed by atoms with Crippen molar-refractivity contribution in [2.75, 3.05) is 0 Å². The average Bonchev–Trinajstić information content (AvgIpc) is 2.54. The van der Waals surface area contributed by atoms with E-state index in [0.29, 0.717) is 24.2 Å². The maximum absolute atomic E-state index is 12.7. The summed E-state index contributed by atoms with van der Waals surface area (Å²) in [5, 5.41) is 1.87. The van der Waals surface area contributed by atoms with Crippen LogP contribution in [0.2, 0.25) is 0 Å². The lowest BCUT2D eigenvalue weighted by Crippen LogP contribution is -2.31. The van der Waals surface area contributed by atoms with Gasteiger partial charge in [0.15, 0.2) is 0 Å². The smallest absolute Gasteiger partial charge is 0.391 e. The van der Waals surface area contributed by atoms with Gasteiger partial charge in [0.25, 0.3) is 0 Å². The van der Waals surface area contributed by atoms with Gasteiger partial charge in [-0.15, -0.1) is 0 Å². The second-order valence-electron chi connectivity index (χ2n) is 6.02. The molecule has 0 saturated heterocycles. The molecule has 0 radical (unpaired) electrons. The van der Waals surface area contributed by atoms with Crippen molar-refractivity contribution in [2.24, 2.45) is 5.92 Å². The molecule has 5 heteroatoms. The first-order chi connectivity index (χ1) is 11.0. The molecule has 2 nitrogen and oxygen atoms in total. The Morgan fingerprint density at radius 3 is 2.26 bits per heavy atom. The molecule has 2 aromatic carbocycles. The predicted molar refractivity (Wildman–Crippen MR) is 81.8 cm³/mol. The van der Waals surface area contributed by atoms with E-state index in [0.717, 1.165) is 17.1 Å². The predicted octanol–water partition coefficient (Wildman–Crippen LogP) is 5.15. The van der Waals surface area contributed by atoms with Crippen LogP contribution in [0, 0.1) is 5.92 Å². The minimum absolute atomic E-state index is 0.129. The number of carbonyl (C=O) groups is 1. The molecule has 3 rings (SSSR count). The van der Waals surface area contributed by atoms with Crippen molar-refractivity contribution in [2.45, 2.75) is 38.0 Å². The molecule has 0 N–H and O–H groups in total. The number of fused-ring (bicyclic) bond motifs is 1. The van der Waals surface area contributed by atoms with Crippen LogP contribution in [-0.4, -0.2) is 18.6 Å². The summed E-state index contributed by atoms with van der Waals surface area (Å²) in [6, 6.07) is 10.9. The van der Waals surface area contributed by atoms with Crippen molar-refractivity contribution < 1.29 is 22.7 Å². The summed E-state index contributed by atoms with van der Waals surface area (Å²) in [7, 11) is 0. The number of halogens is 3. The first-order valence-electron chi connectivity index (χ1n) is 7.68. The number of carbonyl (C=O) groups excluding carboxylic acids is 1. The second-order valence-corrected chi connectivity index (χ2v) is 6.02. The van der Waals surface area contributed by atoms with Gasteiger partial charge >= 0.3 is 6.18 Å². The zero-order valence-corrected chi connectivity index (χ0v) is 12.5. The van der Waals surface area contributed by atoms with Crippen LogP contribution in [0.3, 0.4) is 0 Å². The molecule has 1 fully saturated rings. The zero-order chi connectivity index (χ0) is 16.4.